The Morgan fingerprint density at radius 2 is 1.77 bits per heavy atom. The Kier molecular flexibility index (Phi) is 5.19. The minimum atomic E-state index is -1.38. The van der Waals surface area contributed by atoms with E-state index in [0.717, 1.165) is 24.0 Å². The number of carbonyl (C=O) groups is 4. The lowest BCUT2D eigenvalue weighted by Gasteiger charge is -2.63. The van der Waals surface area contributed by atoms with Crippen LogP contribution in [-0.4, -0.2) is 76.6 Å². The Labute approximate surface area is 249 Å². The minimum Gasteiger partial charge on any atom is -0.466 e. The zero-order valence-electron chi connectivity index (χ0n) is 25.1. The standard InChI is InChI=1S/C33H38O10/c1-12(28(38)41-5)23-25-24-15(14-6-17(14)31(24,4)27(37)26(23)36)7-22-30(3)19-8-20(19)32(40,11-42-13(2)35)21(30)9-18-16(10-34)29(39)43-33(18,22)25/h14,17,19-22,25,27,34,37,40H,6-11H2,1-5H3/b23-12-/t14-,17-,19-,20+,21-,22+,25-,27+,30+,31+,32+,33+/m1/s1. The lowest BCUT2D eigenvalue weighted by atomic mass is 9.42. The number of methoxy groups -OCH3 is 1. The average Bonchev–Trinajstić information content (AvgIpc) is 3.88. The predicted molar refractivity (Wildman–Crippen MR) is 146 cm³/mol. The molecule has 10 heteroatoms. The molecule has 0 aromatic heterocycles. The van der Waals surface area contributed by atoms with Crippen LogP contribution in [0.25, 0.3) is 0 Å². The van der Waals surface area contributed by atoms with Crippen molar-refractivity contribution in [2.24, 2.45) is 52.3 Å². The van der Waals surface area contributed by atoms with Gasteiger partial charge in [-0.05, 0) is 72.8 Å². The van der Waals surface area contributed by atoms with Crippen molar-refractivity contribution in [2.45, 2.75) is 70.7 Å². The average molecular weight is 595 g/mol. The number of carbonyl (C=O) groups excluding carboxylic acids is 4. The van der Waals surface area contributed by atoms with Gasteiger partial charge in [0.15, 0.2) is 5.78 Å². The SMILES string of the molecule is COC(=O)/C(C)=C1\C(=O)[C@H](O)[C@]2(C)C3=C(C[C@@H]4[C@]5(OC(=O)C(CO)=C5C[C@H]5[C@](O)(COC(C)=O)[C@H]6C[C@H]6[C@]45C)[C@@H]31)[C@H]1C[C@H]12. The van der Waals surface area contributed by atoms with Gasteiger partial charge in [0.1, 0.15) is 23.9 Å². The number of ketones is 1. The second kappa shape index (κ2) is 8.06. The van der Waals surface area contributed by atoms with E-state index in [2.05, 4.69) is 6.92 Å². The number of Topliss-reactive ketones (excluding diaryl/α,β-unsaturated/α-hetero) is 1. The van der Waals surface area contributed by atoms with Gasteiger partial charge in [-0.15, -0.1) is 0 Å². The molecule has 0 aromatic rings. The number of aliphatic hydroxyl groups is 3. The number of hydrogen-bond donors (Lipinski definition) is 3. The molecule has 8 aliphatic rings. The normalized spacial score (nSPS) is 50.6. The molecular formula is C33H38O10. The van der Waals surface area contributed by atoms with E-state index >= 15 is 0 Å². The van der Waals surface area contributed by atoms with Crippen LogP contribution in [-0.2, 0) is 33.4 Å². The molecule has 10 nitrogen and oxygen atoms in total. The summed E-state index contributed by atoms with van der Waals surface area (Å²) < 4.78 is 17.0. The Bertz CT molecular complexity index is 1550. The number of hydrogen-bond acceptors (Lipinski definition) is 10. The van der Waals surface area contributed by atoms with Crippen LogP contribution in [0.2, 0.25) is 0 Å². The third kappa shape index (κ3) is 2.84. The first-order valence-corrected chi connectivity index (χ1v) is 15.4. The summed E-state index contributed by atoms with van der Waals surface area (Å²) in [5, 5.41) is 34.5. The van der Waals surface area contributed by atoms with Gasteiger partial charge >= 0.3 is 17.9 Å². The lowest BCUT2D eigenvalue weighted by Crippen LogP contribution is -2.67. The Hall–Kier alpha value is -2.82. The number of esters is 3. The van der Waals surface area contributed by atoms with Gasteiger partial charge in [0.2, 0.25) is 0 Å². The van der Waals surface area contributed by atoms with Crippen molar-refractivity contribution in [1.82, 2.24) is 0 Å². The van der Waals surface area contributed by atoms with Crippen LogP contribution < -0.4 is 0 Å². The third-order valence-corrected chi connectivity index (χ3v) is 13.6. The molecule has 0 radical (unpaired) electrons. The number of ether oxygens (including phenoxy) is 3. The Morgan fingerprint density at radius 1 is 1.05 bits per heavy atom. The molecule has 5 saturated carbocycles. The van der Waals surface area contributed by atoms with Crippen LogP contribution in [0, 0.1) is 52.3 Å². The van der Waals surface area contributed by atoms with Gasteiger partial charge in [0, 0.05) is 35.3 Å². The Morgan fingerprint density at radius 3 is 2.42 bits per heavy atom. The molecular weight excluding hydrogens is 556 g/mol. The fraction of sp³-hybridized carbons (Fsp3) is 0.697. The number of aliphatic hydroxyl groups excluding tert-OH is 2. The van der Waals surface area contributed by atoms with Crippen molar-refractivity contribution >= 4 is 23.7 Å². The van der Waals surface area contributed by atoms with Gasteiger partial charge in [0.25, 0.3) is 0 Å². The first-order valence-electron chi connectivity index (χ1n) is 15.4. The van der Waals surface area contributed by atoms with Crippen molar-refractivity contribution in [2.75, 3.05) is 20.3 Å². The molecule has 43 heavy (non-hydrogen) atoms. The van der Waals surface area contributed by atoms with E-state index in [9.17, 15) is 34.5 Å². The highest BCUT2D eigenvalue weighted by atomic mass is 16.6. The highest BCUT2D eigenvalue weighted by Crippen LogP contribution is 2.83. The molecule has 0 aromatic carbocycles. The summed E-state index contributed by atoms with van der Waals surface area (Å²) in [6.45, 7) is 6.18. The van der Waals surface area contributed by atoms with Gasteiger partial charge in [-0.3, -0.25) is 9.59 Å². The van der Waals surface area contributed by atoms with Crippen molar-refractivity contribution in [3.05, 3.63) is 33.4 Å². The molecule has 12 atom stereocenters. The molecule has 7 aliphatic carbocycles. The van der Waals surface area contributed by atoms with Crippen molar-refractivity contribution < 1.29 is 48.7 Å². The second-order valence-electron chi connectivity index (χ2n) is 14.8. The molecule has 0 bridgehead atoms. The molecule has 5 fully saturated rings. The quantitative estimate of drug-likeness (QED) is 0.189. The first kappa shape index (κ1) is 27.7. The van der Waals surface area contributed by atoms with Crippen molar-refractivity contribution in [1.29, 1.82) is 0 Å². The summed E-state index contributed by atoms with van der Waals surface area (Å²) in [5.74, 6) is -3.77. The fourth-order valence-electron chi connectivity index (χ4n) is 11.8. The highest BCUT2D eigenvalue weighted by Gasteiger charge is 2.84. The van der Waals surface area contributed by atoms with E-state index in [1.165, 1.54) is 21.0 Å². The van der Waals surface area contributed by atoms with E-state index in [1.807, 2.05) is 6.92 Å². The largest absolute Gasteiger partial charge is 0.466 e. The van der Waals surface area contributed by atoms with E-state index in [1.54, 1.807) is 0 Å². The first-order chi connectivity index (χ1) is 20.2. The van der Waals surface area contributed by atoms with Crippen LogP contribution in [0.3, 0.4) is 0 Å². The zero-order valence-corrected chi connectivity index (χ0v) is 25.1. The van der Waals surface area contributed by atoms with Crippen LogP contribution >= 0.6 is 0 Å². The summed E-state index contributed by atoms with van der Waals surface area (Å²) >= 11 is 0. The maximum Gasteiger partial charge on any atom is 0.337 e. The van der Waals surface area contributed by atoms with Gasteiger partial charge in [-0.25, -0.2) is 9.59 Å². The smallest absolute Gasteiger partial charge is 0.337 e. The second-order valence-corrected chi connectivity index (χ2v) is 14.8. The zero-order chi connectivity index (χ0) is 30.8. The van der Waals surface area contributed by atoms with Crippen molar-refractivity contribution in [3.8, 4) is 0 Å². The molecule has 1 spiro atoms. The van der Waals surface area contributed by atoms with Crippen LogP contribution in [0.5, 0.6) is 0 Å². The Balaban J connectivity index is 1.42. The molecule has 230 valence electrons. The maximum atomic E-state index is 14.3. The lowest BCUT2D eigenvalue weighted by molar-refractivity contribution is -0.191. The summed E-state index contributed by atoms with van der Waals surface area (Å²) in [5.41, 5.74) is -1.23. The summed E-state index contributed by atoms with van der Waals surface area (Å²) in [4.78, 5) is 52.9. The molecule has 0 saturated heterocycles. The fourth-order valence-corrected chi connectivity index (χ4v) is 11.8. The number of fused-ring (bicyclic) bond motifs is 7. The van der Waals surface area contributed by atoms with Crippen LogP contribution in [0.1, 0.15) is 53.4 Å². The number of rotatable bonds is 4. The summed E-state index contributed by atoms with van der Waals surface area (Å²) in [6, 6.07) is 0. The topological polar surface area (TPSA) is 157 Å². The van der Waals surface area contributed by atoms with Gasteiger partial charge in [-0.1, -0.05) is 19.4 Å². The van der Waals surface area contributed by atoms with E-state index in [-0.39, 0.29) is 59.3 Å². The molecule has 1 heterocycles. The van der Waals surface area contributed by atoms with Crippen LogP contribution in [0.4, 0.5) is 0 Å². The molecule has 8 rings (SSSR count). The maximum absolute atomic E-state index is 14.3. The monoisotopic (exact) mass is 594 g/mol. The third-order valence-electron chi connectivity index (χ3n) is 13.6. The van der Waals surface area contributed by atoms with Gasteiger partial charge in [-0.2, -0.15) is 0 Å². The molecule has 0 amide bonds. The van der Waals surface area contributed by atoms with Gasteiger partial charge < -0.3 is 29.5 Å². The van der Waals surface area contributed by atoms with Crippen molar-refractivity contribution in [3.63, 3.8) is 0 Å². The summed E-state index contributed by atoms with van der Waals surface area (Å²) in [7, 11) is 1.24. The summed E-state index contributed by atoms with van der Waals surface area (Å²) in [6.07, 6.45) is 1.01. The molecule has 3 N–H and O–H groups in total. The predicted octanol–water partition coefficient (Wildman–Crippen LogP) is 1.56. The van der Waals surface area contributed by atoms with E-state index in [0.29, 0.717) is 12.0 Å². The van der Waals surface area contributed by atoms with E-state index < -0.39 is 70.3 Å². The number of allylic oxidation sites excluding steroid dienone is 1. The minimum absolute atomic E-state index is 0.0686. The molecule has 0 unspecified atom stereocenters. The molecule has 1 aliphatic heterocycles. The van der Waals surface area contributed by atoms with Crippen LogP contribution in [0.15, 0.2) is 33.4 Å². The van der Waals surface area contributed by atoms with Gasteiger partial charge in [0.05, 0.1) is 25.2 Å². The van der Waals surface area contributed by atoms with E-state index in [4.69, 9.17) is 14.2 Å². The highest BCUT2D eigenvalue weighted by molar-refractivity contribution is 6.09.